The third kappa shape index (κ3) is 3.52. The minimum atomic E-state index is -4.29. The van der Waals surface area contributed by atoms with Crippen LogP contribution in [0.4, 0.5) is 0 Å². The van der Waals surface area contributed by atoms with Crippen molar-refractivity contribution in [3.63, 3.8) is 0 Å². The molecule has 0 spiro atoms. The lowest BCUT2D eigenvalue weighted by Crippen LogP contribution is -2.02. The Balaban J connectivity index is 3.04. The molecule has 0 aliphatic rings. The molecule has 1 rings (SSSR count). The van der Waals surface area contributed by atoms with Gasteiger partial charge in [0, 0.05) is 10.0 Å². The lowest BCUT2D eigenvalue weighted by Gasteiger charge is -2.08. The molecule has 0 aromatic heterocycles. The lowest BCUT2D eigenvalue weighted by molar-refractivity contribution is 0.462. The van der Waals surface area contributed by atoms with Crippen LogP contribution in [0, 0.1) is 0 Å². The van der Waals surface area contributed by atoms with Crippen molar-refractivity contribution >= 4 is 33.3 Å². The quantitative estimate of drug-likeness (QED) is 0.743. The van der Waals surface area contributed by atoms with Gasteiger partial charge in [-0.1, -0.05) is 29.3 Å². The highest BCUT2D eigenvalue weighted by atomic mass is 35.5. The largest absolute Gasteiger partial charge is 0.748 e. The molecule has 3 nitrogen and oxygen atoms in total. The Morgan fingerprint density at radius 2 is 1.92 bits per heavy atom. The van der Waals surface area contributed by atoms with E-state index in [0.717, 1.165) is 0 Å². The van der Waals surface area contributed by atoms with Crippen molar-refractivity contribution in [1.29, 1.82) is 0 Å². The molecule has 0 amide bonds. The third-order valence-corrected chi connectivity index (χ3v) is 2.60. The van der Waals surface area contributed by atoms with Crippen molar-refractivity contribution in [2.24, 2.45) is 0 Å². The van der Waals surface area contributed by atoms with E-state index in [1.54, 1.807) is 0 Å². The van der Waals surface area contributed by atoms with E-state index in [1.807, 2.05) is 0 Å². The highest BCUT2D eigenvalue weighted by Crippen LogP contribution is 2.22. The lowest BCUT2D eigenvalue weighted by atomic mass is 10.2. The SMILES string of the molecule is O=S(=O)([O-])Cc1ccc(Cl)cc1Cl. The van der Waals surface area contributed by atoms with Gasteiger partial charge in [-0.2, -0.15) is 0 Å². The number of hydrogen-bond acceptors (Lipinski definition) is 3. The second-order valence-corrected chi connectivity index (χ2v) is 4.69. The molecule has 0 aliphatic heterocycles. The van der Waals surface area contributed by atoms with Crippen LogP contribution < -0.4 is 0 Å². The molecule has 0 radical (unpaired) electrons. The van der Waals surface area contributed by atoms with Gasteiger partial charge in [0.1, 0.15) is 0 Å². The summed E-state index contributed by atoms with van der Waals surface area (Å²) in [6.45, 7) is 0. The van der Waals surface area contributed by atoms with Crippen molar-refractivity contribution in [2.75, 3.05) is 0 Å². The van der Waals surface area contributed by atoms with Crippen LogP contribution in [-0.4, -0.2) is 13.0 Å². The predicted molar refractivity (Wildman–Crippen MR) is 49.9 cm³/mol. The highest BCUT2D eigenvalue weighted by molar-refractivity contribution is 7.84. The monoisotopic (exact) mass is 239 g/mol. The molecule has 0 saturated carbocycles. The van der Waals surface area contributed by atoms with E-state index in [0.29, 0.717) is 5.02 Å². The van der Waals surface area contributed by atoms with Gasteiger partial charge >= 0.3 is 0 Å². The number of benzene rings is 1. The molecule has 0 aliphatic carbocycles. The van der Waals surface area contributed by atoms with Crippen LogP contribution >= 0.6 is 23.2 Å². The van der Waals surface area contributed by atoms with Gasteiger partial charge in [0.2, 0.25) is 0 Å². The van der Waals surface area contributed by atoms with E-state index < -0.39 is 15.9 Å². The van der Waals surface area contributed by atoms with E-state index in [1.165, 1.54) is 18.2 Å². The van der Waals surface area contributed by atoms with Gasteiger partial charge in [0.25, 0.3) is 0 Å². The zero-order chi connectivity index (χ0) is 10.1. The first-order valence-corrected chi connectivity index (χ1v) is 5.59. The van der Waals surface area contributed by atoms with Crippen LogP contribution in [-0.2, 0) is 15.9 Å². The fourth-order valence-corrected chi connectivity index (χ4v) is 2.02. The molecule has 0 heterocycles. The van der Waals surface area contributed by atoms with Gasteiger partial charge in [-0.15, -0.1) is 0 Å². The smallest absolute Gasteiger partial charge is 0.0988 e. The number of hydrogen-bond donors (Lipinski definition) is 0. The van der Waals surface area contributed by atoms with E-state index in [4.69, 9.17) is 23.2 Å². The summed E-state index contributed by atoms with van der Waals surface area (Å²) in [6, 6.07) is 4.29. The molecule has 0 bridgehead atoms. The molecule has 0 saturated heterocycles. The fourth-order valence-electron chi connectivity index (χ4n) is 0.829. The van der Waals surface area contributed by atoms with Gasteiger partial charge < -0.3 is 4.55 Å². The Hall–Kier alpha value is -0.290. The molecular formula is C7H5Cl2O3S-. The zero-order valence-electron chi connectivity index (χ0n) is 6.33. The normalized spacial score (nSPS) is 11.6. The van der Waals surface area contributed by atoms with Crippen LogP contribution in [0.2, 0.25) is 10.0 Å². The summed E-state index contributed by atoms with van der Waals surface area (Å²) < 4.78 is 31.2. The maximum Gasteiger partial charge on any atom is 0.0988 e. The second-order valence-electron chi connectivity index (χ2n) is 2.44. The van der Waals surface area contributed by atoms with E-state index in [2.05, 4.69) is 0 Å². The maximum atomic E-state index is 10.4. The summed E-state index contributed by atoms with van der Waals surface area (Å²) in [5.74, 6) is -0.608. The first kappa shape index (κ1) is 10.8. The molecule has 13 heavy (non-hydrogen) atoms. The second kappa shape index (κ2) is 3.84. The Bertz CT molecular complexity index is 414. The molecule has 6 heteroatoms. The molecule has 0 fully saturated rings. The maximum absolute atomic E-state index is 10.4. The molecule has 0 atom stereocenters. The Morgan fingerprint density at radius 3 is 2.38 bits per heavy atom. The van der Waals surface area contributed by atoms with E-state index >= 15 is 0 Å². The summed E-state index contributed by atoms with van der Waals surface area (Å²) in [5.41, 5.74) is 0.265. The summed E-state index contributed by atoms with van der Waals surface area (Å²) in [7, 11) is -4.29. The first-order chi connectivity index (χ1) is 5.88. The van der Waals surface area contributed by atoms with Crippen LogP contribution in [0.15, 0.2) is 18.2 Å². The average molecular weight is 240 g/mol. The molecule has 0 N–H and O–H groups in total. The Labute approximate surface area is 86.0 Å². The topological polar surface area (TPSA) is 57.2 Å². The predicted octanol–water partition coefficient (Wildman–Crippen LogP) is 2.04. The molecule has 72 valence electrons. The summed E-state index contributed by atoms with van der Waals surface area (Å²) >= 11 is 11.2. The number of halogens is 2. The minimum Gasteiger partial charge on any atom is -0.748 e. The van der Waals surface area contributed by atoms with Gasteiger partial charge in [-0.05, 0) is 17.7 Å². The van der Waals surface area contributed by atoms with Gasteiger partial charge in [-0.25, -0.2) is 8.42 Å². The van der Waals surface area contributed by atoms with Gasteiger partial charge in [-0.3, -0.25) is 0 Å². The summed E-state index contributed by atoms with van der Waals surface area (Å²) in [5, 5.41) is 0.587. The van der Waals surface area contributed by atoms with Crippen LogP contribution in [0.5, 0.6) is 0 Å². The van der Waals surface area contributed by atoms with E-state index in [9.17, 15) is 13.0 Å². The third-order valence-electron chi connectivity index (χ3n) is 1.35. The summed E-state index contributed by atoms with van der Waals surface area (Å²) in [6.07, 6.45) is 0. The molecular weight excluding hydrogens is 235 g/mol. The minimum absolute atomic E-state index is 0.187. The first-order valence-electron chi connectivity index (χ1n) is 3.26. The molecule has 0 unspecified atom stereocenters. The fraction of sp³-hybridized carbons (Fsp3) is 0.143. The van der Waals surface area contributed by atoms with Crippen molar-refractivity contribution in [2.45, 2.75) is 5.75 Å². The highest BCUT2D eigenvalue weighted by Gasteiger charge is 2.04. The van der Waals surface area contributed by atoms with Crippen molar-refractivity contribution in [3.8, 4) is 0 Å². The average Bonchev–Trinajstić information content (AvgIpc) is 1.93. The van der Waals surface area contributed by atoms with Gasteiger partial charge in [0.05, 0.1) is 15.9 Å². The molecule has 1 aromatic carbocycles. The van der Waals surface area contributed by atoms with Crippen LogP contribution in [0.3, 0.4) is 0 Å². The Kier molecular flexibility index (Phi) is 3.18. The van der Waals surface area contributed by atoms with Crippen molar-refractivity contribution < 1.29 is 13.0 Å². The summed E-state index contributed by atoms with van der Waals surface area (Å²) in [4.78, 5) is 0. The number of rotatable bonds is 2. The zero-order valence-corrected chi connectivity index (χ0v) is 8.66. The molecule has 1 aromatic rings. The van der Waals surface area contributed by atoms with Crippen LogP contribution in [0.1, 0.15) is 5.56 Å². The van der Waals surface area contributed by atoms with Crippen molar-refractivity contribution in [3.05, 3.63) is 33.8 Å². The Morgan fingerprint density at radius 1 is 1.31 bits per heavy atom. The van der Waals surface area contributed by atoms with Crippen molar-refractivity contribution in [1.82, 2.24) is 0 Å². The van der Waals surface area contributed by atoms with E-state index in [-0.39, 0.29) is 10.6 Å². The van der Waals surface area contributed by atoms with Gasteiger partial charge in [0.15, 0.2) is 0 Å². The standard InChI is InChI=1S/C7H6Cl2O3S/c8-6-2-1-5(7(9)3-6)4-13(10,11)12/h1-3H,4H2,(H,10,11,12)/p-1. The van der Waals surface area contributed by atoms with Crippen LogP contribution in [0.25, 0.3) is 0 Å².